The monoisotopic (exact) mass is 385 g/mol. The topological polar surface area (TPSA) is 93.4 Å². The maximum atomic E-state index is 10.5. The lowest BCUT2D eigenvalue weighted by Gasteiger charge is -2.07. The van der Waals surface area contributed by atoms with E-state index >= 15 is 0 Å². The Morgan fingerprint density at radius 2 is 1.93 bits per heavy atom. The van der Waals surface area contributed by atoms with Crippen LogP contribution in [0.4, 0.5) is 5.13 Å². The molecular formula is C19H19N3O4S. The fraction of sp³-hybridized carbons (Fsp3) is 0.263. The van der Waals surface area contributed by atoms with Gasteiger partial charge in [0.15, 0.2) is 6.61 Å². The molecule has 1 atom stereocenters. The van der Waals surface area contributed by atoms with Gasteiger partial charge in [-0.3, -0.25) is 0 Å². The van der Waals surface area contributed by atoms with Gasteiger partial charge in [0.05, 0.1) is 22.9 Å². The van der Waals surface area contributed by atoms with Gasteiger partial charge >= 0.3 is 5.97 Å². The van der Waals surface area contributed by atoms with Crippen molar-refractivity contribution in [1.29, 1.82) is 0 Å². The van der Waals surface area contributed by atoms with E-state index in [0.29, 0.717) is 17.5 Å². The van der Waals surface area contributed by atoms with E-state index in [2.05, 4.69) is 15.2 Å². The maximum absolute atomic E-state index is 10.5. The minimum atomic E-state index is -1.01. The smallest absolute Gasteiger partial charge is 0.341 e. The number of nitrogens with zero attached hydrogens (tertiary/aromatic N) is 3. The van der Waals surface area contributed by atoms with Crippen molar-refractivity contribution in [2.24, 2.45) is 10.2 Å². The van der Waals surface area contributed by atoms with E-state index in [4.69, 9.17) is 14.6 Å². The largest absolute Gasteiger partial charge is 0.494 e. The molecule has 0 bridgehead atoms. The van der Waals surface area contributed by atoms with Crippen molar-refractivity contribution >= 4 is 32.7 Å². The first-order valence-electron chi connectivity index (χ1n) is 8.44. The fourth-order valence-electron chi connectivity index (χ4n) is 2.38. The zero-order valence-electron chi connectivity index (χ0n) is 15.0. The number of thiazole rings is 1. The molecule has 0 aliphatic heterocycles. The van der Waals surface area contributed by atoms with Gasteiger partial charge in [0.25, 0.3) is 0 Å². The zero-order valence-corrected chi connectivity index (χ0v) is 15.8. The second-order valence-corrected chi connectivity index (χ2v) is 6.71. The van der Waals surface area contributed by atoms with E-state index in [1.807, 2.05) is 44.2 Å². The Labute approximate surface area is 160 Å². The van der Waals surface area contributed by atoms with Crippen LogP contribution >= 0.6 is 11.3 Å². The molecule has 0 amide bonds. The number of carboxylic acids is 1. The summed E-state index contributed by atoms with van der Waals surface area (Å²) >= 11 is 1.46. The molecule has 0 aliphatic carbocycles. The standard InChI is InChI=1S/C19H19N3O4S/c1-3-25-15-8-9-16-17(10-15)27-19(20-16)22-21-12(2)13-4-6-14(7-5-13)26-11-18(23)24/h4-10,12H,3,11H2,1-2H3,(H,23,24). The Balaban J connectivity index is 1.67. The maximum Gasteiger partial charge on any atom is 0.341 e. The van der Waals surface area contributed by atoms with Crippen LogP contribution in [0.2, 0.25) is 0 Å². The quantitative estimate of drug-likeness (QED) is 0.551. The highest BCUT2D eigenvalue weighted by Gasteiger charge is 2.08. The number of aliphatic carboxylic acids is 1. The van der Waals surface area contributed by atoms with E-state index in [1.54, 1.807) is 12.1 Å². The molecule has 0 saturated heterocycles. The molecule has 3 aromatic rings. The van der Waals surface area contributed by atoms with Crippen LogP contribution in [0, 0.1) is 0 Å². The van der Waals surface area contributed by atoms with Crippen LogP contribution in [-0.4, -0.2) is 29.3 Å². The summed E-state index contributed by atoms with van der Waals surface area (Å²) in [5.74, 6) is 0.308. The number of hydrogen-bond donors (Lipinski definition) is 1. The van der Waals surface area contributed by atoms with Crippen molar-refractivity contribution in [3.05, 3.63) is 48.0 Å². The van der Waals surface area contributed by atoms with Crippen LogP contribution < -0.4 is 9.47 Å². The van der Waals surface area contributed by atoms with E-state index in [1.165, 1.54) is 11.3 Å². The lowest BCUT2D eigenvalue weighted by atomic mass is 10.1. The summed E-state index contributed by atoms with van der Waals surface area (Å²) in [6.07, 6.45) is 0. The van der Waals surface area contributed by atoms with Gasteiger partial charge < -0.3 is 14.6 Å². The molecule has 27 heavy (non-hydrogen) atoms. The molecule has 1 heterocycles. The molecule has 8 heteroatoms. The third kappa shape index (κ3) is 5.01. The summed E-state index contributed by atoms with van der Waals surface area (Å²) in [6, 6.07) is 12.7. The van der Waals surface area contributed by atoms with Gasteiger partial charge in [0.1, 0.15) is 11.5 Å². The number of benzene rings is 2. The van der Waals surface area contributed by atoms with Gasteiger partial charge in [-0.25, -0.2) is 9.78 Å². The van der Waals surface area contributed by atoms with Crippen molar-refractivity contribution < 1.29 is 19.4 Å². The first kappa shape index (κ1) is 18.8. The number of rotatable bonds is 8. The summed E-state index contributed by atoms with van der Waals surface area (Å²) in [6.45, 7) is 4.13. The van der Waals surface area contributed by atoms with Crippen molar-refractivity contribution in [1.82, 2.24) is 4.98 Å². The van der Waals surface area contributed by atoms with Gasteiger partial charge in [0, 0.05) is 0 Å². The number of ether oxygens (including phenoxy) is 2. The Hall–Kier alpha value is -3.00. The van der Waals surface area contributed by atoms with Gasteiger partial charge in [-0.2, -0.15) is 5.11 Å². The summed E-state index contributed by atoms with van der Waals surface area (Å²) in [5.41, 5.74) is 1.81. The highest BCUT2D eigenvalue weighted by Crippen LogP contribution is 2.32. The summed E-state index contributed by atoms with van der Waals surface area (Å²) < 4.78 is 11.6. The minimum Gasteiger partial charge on any atom is -0.494 e. The van der Waals surface area contributed by atoms with E-state index in [0.717, 1.165) is 21.5 Å². The zero-order chi connectivity index (χ0) is 19.2. The second-order valence-electron chi connectivity index (χ2n) is 5.70. The first-order valence-corrected chi connectivity index (χ1v) is 9.25. The molecule has 3 rings (SSSR count). The van der Waals surface area contributed by atoms with Crippen molar-refractivity contribution in [2.75, 3.05) is 13.2 Å². The summed E-state index contributed by atoms with van der Waals surface area (Å²) in [7, 11) is 0. The Morgan fingerprint density at radius 3 is 2.63 bits per heavy atom. The number of aromatic nitrogens is 1. The van der Waals surface area contributed by atoms with Gasteiger partial charge in [-0.15, -0.1) is 5.11 Å². The number of fused-ring (bicyclic) bond motifs is 1. The normalized spacial score (nSPS) is 12.4. The molecular weight excluding hydrogens is 366 g/mol. The van der Waals surface area contributed by atoms with Crippen molar-refractivity contribution in [3.8, 4) is 11.5 Å². The lowest BCUT2D eigenvalue weighted by molar-refractivity contribution is -0.139. The molecule has 0 aliphatic rings. The van der Waals surface area contributed by atoms with Crippen molar-refractivity contribution in [2.45, 2.75) is 19.9 Å². The Bertz CT molecular complexity index is 953. The third-order valence-corrected chi connectivity index (χ3v) is 4.60. The Kier molecular flexibility index (Phi) is 5.97. The number of carbonyl (C=O) groups is 1. The van der Waals surface area contributed by atoms with Crippen LogP contribution in [0.3, 0.4) is 0 Å². The average Bonchev–Trinajstić information content (AvgIpc) is 3.07. The highest BCUT2D eigenvalue weighted by molar-refractivity contribution is 7.21. The number of azo groups is 1. The fourth-order valence-corrected chi connectivity index (χ4v) is 3.20. The number of carboxylic acid groups (broad SMARTS) is 1. The molecule has 0 saturated carbocycles. The molecule has 7 nitrogen and oxygen atoms in total. The van der Waals surface area contributed by atoms with Crippen LogP contribution in [0.1, 0.15) is 25.5 Å². The molecule has 0 radical (unpaired) electrons. The molecule has 1 aromatic heterocycles. The van der Waals surface area contributed by atoms with Crippen LogP contribution in [0.25, 0.3) is 10.2 Å². The summed E-state index contributed by atoms with van der Waals surface area (Å²) in [5, 5.41) is 17.8. The summed E-state index contributed by atoms with van der Waals surface area (Å²) in [4.78, 5) is 15.0. The molecule has 0 spiro atoms. The van der Waals surface area contributed by atoms with E-state index in [9.17, 15) is 4.79 Å². The highest BCUT2D eigenvalue weighted by atomic mass is 32.1. The lowest BCUT2D eigenvalue weighted by Crippen LogP contribution is -2.09. The van der Waals surface area contributed by atoms with Crippen LogP contribution in [0.5, 0.6) is 11.5 Å². The van der Waals surface area contributed by atoms with Gasteiger partial charge in [0.2, 0.25) is 5.13 Å². The first-order chi connectivity index (χ1) is 13.0. The van der Waals surface area contributed by atoms with Crippen LogP contribution in [-0.2, 0) is 4.79 Å². The molecule has 1 unspecified atom stereocenters. The van der Waals surface area contributed by atoms with E-state index in [-0.39, 0.29) is 12.6 Å². The van der Waals surface area contributed by atoms with Crippen LogP contribution in [0.15, 0.2) is 52.7 Å². The Morgan fingerprint density at radius 1 is 1.19 bits per heavy atom. The van der Waals surface area contributed by atoms with Gasteiger partial charge in [-0.05, 0) is 49.7 Å². The average molecular weight is 385 g/mol. The SMILES string of the molecule is CCOc1ccc2nc(N=NC(C)c3ccc(OCC(=O)O)cc3)sc2c1. The molecule has 2 aromatic carbocycles. The molecule has 0 fully saturated rings. The predicted octanol–water partition coefficient (Wildman–Crippen LogP) is 5.00. The van der Waals surface area contributed by atoms with Gasteiger partial charge in [-0.1, -0.05) is 23.5 Å². The van der Waals surface area contributed by atoms with E-state index < -0.39 is 5.97 Å². The third-order valence-electron chi connectivity index (χ3n) is 3.70. The molecule has 140 valence electrons. The predicted molar refractivity (Wildman–Crippen MR) is 103 cm³/mol. The number of hydrogen-bond acceptors (Lipinski definition) is 7. The molecule has 1 N–H and O–H groups in total. The minimum absolute atomic E-state index is 0.162. The second kappa shape index (κ2) is 8.59. The van der Waals surface area contributed by atoms with Crippen molar-refractivity contribution in [3.63, 3.8) is 0 Å².